The summed E-state index contributed by atoms with van der Waals surface area (Å²) in [6, 6.07) is 19.4. The molecule has 0 aromatic heterocycles. The van der Waals surface area contributed by atoms with Crippen LogP contribution in [0.5, 0.6) is 0 Å². The van der Waals surface area contributed by atoms with Crippen LogP contribution in [0.25, 0.3) is 0 Å². The van der Waals surface area contributed by atoms with Crippen molar-refractivity contribution in [1.82, 2.24) is 0 Å². The van der Waals surface area contributed by atoms with Crippen LogP contribution in [0.2, 0.25) is 0 Å². The molecule has 1 aliphatic rings. The number of rotatable bonds is 2. The molecule has 20 heavy (non-hydrogen) atoms. The van der Waals surface area contributed by atoms with E-state index in [9.17, 15) is 9.13 Å². The van der Waals surface area contributed by atoms with Gasteiger partial charge in [-0.3, -0.25) is 0 Å². The highest BCUT2D eigenvalue weighted by Gasteiger charge is 2.37. The van der Waals surface area contributed by atoms with Crippen molar-refractivity contribution in [1.29, 1.82) is 0 Å². The number of benzene rings is 2. The van der Waals surface area contributed by atoms with E-state index in [1.807, 2.05) is 60.7 Å². The summed E-state index contributed by atoms with van der Waals surface area (Å²) in [6.45, 7) is 0. The van der Waals surface area contributed by atoms with E-state index in [-0.39, 0.29) is 0 Å². The summed E-state index contributed by atoms with van der Waals surface area (Å²) in [5.74, 6) is 0. The summed E-state index contributed by atoms with van der Waals surface area (Å²) in [5, 5.41) is 1.89. The fourth-order valence-corrected chi connectivity index (χ4v) is 10.9. The summed E-state index contributed by atoms with van der Waals surface area (Å²) in [5.41, 5.74) is 0. The molecule has 2 aromatic carbocycles. The largest absolute Gasteiger partial charge is 0.319 e. The third kappa shape index (κ3) is 2.55. The van der Waals surface area contributed by atoms with Gasteiger partial charge in [0.1, 0.15) is 14.3 Å². The summed E-state index contributed by atoms with van der Waals surface area (Å²) in [6.07, 6.45) is 2.29. The molecule has 0 aliphatic carbocycles. The van der Waals surface area contributed by atoms with Crippen molar-refractivity contribution in [2.24, 2.45) is 0 Å². The van der Waals surface area contributed by atoms with E-state index < -0.39 is 14.3 Å². The van der Waals surface area contributed by atoms with Crippen LogP contribution in [0.3, 0.4) is 0 Å². The highest BCUT2D eigenvalue weighted by molar-refractivity contribution is 7.78. The summed E-state index contributed by atoms with van der Waals surface area (Å²) < 4.78 is 26.1. The fourth-order valence-electron chi connectivity index (χ4n) is 2.79. The molecular formula is C16H18O2P2. The van der Waals surface area contributed by atoms with Crippen LogP contribution in [0, 0.1) is 0 Å². The van der Waals surface area contributed by atoms with Gasteiger partial charge in [-0.2, -0.15) is 0 Å². The zero-order valence-corrected chi connectivity index (χ0v) is 13.1. The van der Waals surface area contributed by atoms with Crippen LogP contribution in [0.4, 0.5) is 0 Å². The number of hydrogen-bond acceptors (Lipinski definition) is 2. The molecule has 0 unspecified atom stereocenters. The summed E-state index contributed by atoms with van der Waals surface area (Å²) in [7, 11) is -4.68. The molecule has 104 valence electrons. The highest BCUT2D eigenvalue weighted by Crippen LogP contribution is 2.58. The minimum Gasteiger partial charge on any atom is -0.319 e. The summed E-state index contributed by atoms with van der Waals surface area (Å²) in [4.78, 5) is 0. The van der Waals surface area contributed by atoms with Crippen molar-refractivity contribution in [3.8, 4) is 0 Å². The second-order valence-corrected chi connectivity index (χ2v) is 11.7. The van der Waals surface area contributed by atoms with Crippen LogP contribution in [-0.2, 0) is 9.13 Å². The Labute approximate surface area is 120 Å². The second-order valence-electron chi connectivity index (χ2n) is 5.34. The average molecular weight is 304 g/mol. The standard InChI is InChI=1S/C16H18O2P2/c17-19(15-7-3-1-4-8-15)11-13-20(18,14-12-19)16-9-5-2-6-10-16/h1-10H,11-14H2. The van der Waals surface area contributed by atoms with Gasteiger partial charge in [0.15, 0.2) is 0 Å². The van der Waals surface area contributed by atoms with Crippen molar-refractivity contribution in [3.63, 3.8) is 0 Å². The molecule has 0 N–H and O–H groups in total. The third-order valence-corrected chi connectivity index (χ3v) is 11.1. The molecule has 1 heterocycles. The maximum absolute atomic E-state index is 13.0. The third-order valence-electron chi connectivity index (χ3n) is 4.10. The van der Waals surface area contributed by atoms with Crippen molar-refractivity contribution in [2.45, 2.75) is 0 Å². The van der Waals surface area contributed by atoms with Gasteiger partial charge in [-0.25, -0.2) is 0 Å². The van der Waals surface area contributed by atoms with Gasteiger partial charge in [-0.1, -0.05) is 60.7 Å². The Balaban J connectivity index is 1.84. The SMILES string of the molecule is O=P1(c2ccccc2)CCP(=O)(c2ccccc2)CC1. The zero-order chi connectivity index (χ0) is 14.1. The van der Waals surface area contributed by atoms with Crippen LogP contribution in [-0.4, -0.2) is 24.6 Å². The maximum Gasteiger partial charge on any atom is 0.116 e. The van der Waals surface area contributed by atoms with Crippen LogP contribution in [0.1, 0.15) is 0 Å². The molecule has 1 fully saturated rings. The molecule has 0 radical (unpaired) electrons. The normalized spacial score (nSPS) is 30.0. The molecule has 0 spiro atoms. The van der Waals surface area contributed by atoms with E-state index in [0.717, 1.165) is 10.6 Å². The first-order valence-corrected chi connectivity index (χ1v) is 11.1. The Bertz CT molecular complexity index is 603. The lowest BCUT2D eigenvalue weighted by Gasteiger charge is -2.30. The first-order valence-electron chi connectivity index (χ1n) is 6.90. The lowest BCUT2D eigenvalue weighted by molar-refractivity contribution is 0.570. The Morgan fingerprint density at radius 1 is 0.550 bits per heavy atom. The van der Waals surface area contributed by atoms with Crippen molar-refractivity contribution in [3.05, 3.63) is 60.7 Å². The smallest absolute Gasteiger partial charge is 0.116 e. The molecule has 1 saturated heterocycles. The van der Waals surface area contributed by atoms with Gasteiger partial charge in [0.05, 0.1) is 0 Å². The molecule has 2 aromatic rings. The predicted octanol–water partition coefficient (Wildman–Crippen LogP) is 3.38. The molecular weight excluding hydrogens is 286 g/mol. The molecule has 0 bridgehead atoms. The Morgan fingerprint density at radius 3 is 1.15 bits per heavy atom. The predicted molar refractivity (Wildman–Crippen MR) is 86.8 cm³/mol. The lowest BCUT2D eigenvalue weighted by Crippen LogP contribution is -2.24. The molecule has 1 aliphatic heterocycles. The average Bonchev–Trinajstić information content (AvgIpc) is 2.52. The van der Waals surface area contributed by atoms with Gasteiger partial charge in [0, 0.05) is 35.3 Å². The molecule has 0 amide bonds. The van der Waals surface area contributed by atoms with E-state index in [1.165, 1.54) is 0 Å². The fraction of sp³-hybridized carbons (Fsp3) is 0.250. The quantitative estimate of drug-likeness (QED) is 0.797. The molecule has 0 saturated carbocycles. The first-order chi connectivity index (χ1) is 9.62. The molecule has 4 heteroatoms. The van der Waals surface area contributed by atoms with Gasteiger partial charge < -0.3 is 9.13 Å². The zero-order valence-electron chi connectivity index (χ0n) is 11.3. The van der Waals surface area contributed by atoms with Gasteiger partial charge in [-0.05, 0) is 0 Å². The minimum atomic E-state index is -2.34. The van der Waals surface area contributed by atoms with E-state index in [0.29, 0.717) is 24.6 Å². The molecule has 3 rings (SSSR count). The number of hydrogen-bond donors (Lipinski definition) is 0. The van der Waals surface area contributed by atoms with Gasteiger partial charge in [0.25, 0.3) is 0 Å². The Hall–Kier alpha value is -1.10. The highest BCUT2D eigenvalue weighted by atomic mass is 31.2. The lowest BCUT2D eigenvalue weighted by atomic mass is 10.4. The van der Waals surface area contributed by atoms with Crippen LogP contribution in [0.15, 0.2) is 60.7 Å². The van der Waals surface area contributed by atoms with Crippen molar-refractivity contribution >= 4 is 24.9 Å². The van der Waals surface area contributed by atoms with Crippen LogP contribution < -0.4 is 10.6 Å². The topological polar surface area (TPSA) is 34.1 Å². The molecule has 2 nitrogen and oxygen atoms in total. The molecule has 0 atom stereocenters. The first kappa shape index (κ1) is 13.9. The minimum absolute atomic E-state index is 0.573. The Kier molecular flexibility index (Phi) is 3.71. The second kappa shape index (κ2) is 5.35. The van der Waals surface area contributed by atoms with Crippen molar-refractivity contribution < 1.29 is 9.13 Å². The van der Waals surface area contributed by atoms with Crippen molar-refractivity contribution in [2.75, 3.05) is 24.6 Å². The van der Waals surface area contributed by atoms with Gasteiger partial charge in [0.2, 0.25) is 0 Å². The monoisotopic (exact) mass is 304 g/mol. The summed E-state index contributed by atoms with van der Waals surface area (Å²) >= 11 is 0. The van der Waals surface area contributed by atoms with Gasteiger partial charge in [-0.15, -0.1) is 0 Å². The maximum atomic E-state index is 13.0. The van der Waals surface area contributed by atoms with E-state index in [1.54, 1.807) is 0 Å². The Morgan fingerprint density at radius 2 is 0.850 bits per heavy atom. The van der Waals surface area contributed by atoms with Crippen LogP contribution >= 0.6 is 14.3 Å². The van der Waals surface area contributed by atoms with E-state index in [4.69, 9.17) is 0 Å². The van der Waals surface area contributed by atoms with Gasteiger partial charge >= 0.3 is 0 Å². The van der Waals surface area contributed by atoms with E-state index >= 15 is 0 Å². The van der Waals surface area contributed by atoms with E-state index in [2.05, 4.69) is 0 Å².